The highest BCUT2D eigenvalue weighted by atomic mass is 16.6. The Kier molecular flexibility index (Phi) is 5.41. The van der Waals surface area contributed by atoms with Gasteiger partial charge in [-0.1, -0.05) is 23.8 Å². The Morgan fingerprint density at radius 2 is 1.68 bits per heavy atom. The Balaban J connectivity index is 2.18. The zero-order valence-corrected chi connectivity index (χ0v) is 15.0. The van der Waals surface area contributed by atoms with Crippen LogP contribution in [0.25, 0.3) is 0 Å². The SMILES string of the molecule is Cc1cc(C)c(NC(=O)[C@H](C)Oc2ccc(C)cc2[N+](=O)[O-])c(C)c1. The molecule has 132 valence electrons. The molecule has 2 rings (SSSR count). The second-order valence-electron chi connectivity index (χ2n) is 6.25. The Labute approximate surface area is 147 Å². The summed E-state index contributed by atoms with van der Waals surface area (Å²) in [6, 6.07) is 8.62. The third kappa shape index (κ3) is 4.35. The van der Waals surface area contributed by atoms with Crippen LogP contribution in [0.15, 0.2) is 30.3 Å². The molecule has 0 aromatic heterocycles. The van der Waals surface area contributed by atoms with E-state index in [0.717, 1.165) is 27.9 Å². The quantitative estimate of drug-likeness (QED) is 0.651. The van der Waals surface area contributed by atoms with Gasteiger partial charge in [0.25, 0.3) is 5.91 Å². The molecule has 0 saturated carbocycles. The number of rotatable bonds is 5. The van der Waals surface area contributed by atoms with E-state index < -0.39 is 11.0 Å². The van der Waals surface area contributed by atoms with Crippen molar-refractivity contribution >= 4 is 17.3 Å². The first-order valence-electron chi connectivity index (χ1n) is 7.99. The molecule has 1 N–H and O–H groups in total. The second kappa shape index (κ2) is 7.34. The number of aryl methyl sites for hydroxylation is 4. The van der Waals surface area contributed by atoms with Crippen LogP contribution in [0.2, 0.25) is 0 Å². The van der Waals surface area contributed by atoms with Gasteiger partial charge in [-0.25, -0.2) is 0 Å². The molecule has 0 bridgehead atoms. The molecule has 2 aromatic carbocycles. The van der Waals surface area contributed by atoms with Crippen molar-refractivity contribution in [3.63, 3.8) is 0 Å². The van der Waals surface area contributed by atoms with Crippen molar-refractivity contribution in [1.82, 2.24) is 0 Å². The summed E-state index contributed by atoms with van der Waals surface area (Å²) >= 11 is 0. The number of ether oxygens (including phenoxy) is 1. The molecule has 0 aliphatic rings. The zero-order valence-electron chi connectivity index (χ0n) is 15.0. The van der Waals surface area contributed by atoms with Gasteiger partial charge in [-0.15, -0.1) is 0 Å². The molecule has 6 nitrogen and oxygen atoms in total. The molecule has 2 aromatic rings. The molecule has 0 saturated heterocycles. The molecule has 0 unspecified atom stereocenters. The highest BCUT2D eigenvalue weighted by molar-refractivity contribution is 5.95. The fourth-order valence-corrected chi connectivity index (χ4v) is 2.72. The van der Waals surface area contributed by atoms with Gasteiger partial charge < -0.3 is 10.1 Å². The molecule has 0 radical (unpaired) electrons. The monoisotopic (exact) mass is 342 g/mol. The van der Waals surface area contributed by atoms with Gasteiger partial charge in [-0.3, -0.25) is 14.9 Å². The number of amides is 1. The molecule has 1 amide bonds. The van der Waals surface area contributed by atoms with Crippen LogP contribution in [-0.4, -0.2) is 16.9 Å². The molecule has 0 aliphatic carbocycles. The van der Waals surface area contributed by atoms with Gasteiger partial charge in [0, 0.05) is 11.8 Å². The van der Waals surface area contributed by atoms with Crippen LogP contribution in [0.4, 0.5) is 11.4 Å². The molecule has 0 aliphatic heterocycles. The fraction of sp³-hybridized carbons (Fsp3) is 0.316. The number of nitrogens with zero attached hydrogens (tertiary/aromatic N) is 1. The zero-order chi connectivity index (χ0) is 18.7. The van der Waals surface area contributed by atoms with Gasteiger partial charge in [0.2, 0.25) is 0 Å². The van der Waals surface area contributed by atoms with Gasteiger partial charge in [0.05, 0.1) is 4.92 Å². The van der Waals surface area contributed by atoms with Crippen molar-refractivity contribution < 1.29 is 14.5 Å². The van der Waals surface area contributed by atoms with Crippen molar-refractivity contribution in [2.24, 2.45) is 0 Å². The van der Waals surface area contributed by atoms with Crippen molar-refractivity contribution in [2.75, 3.05) is 5.32 Å². The summed E-state index contributed by atoms with van der Waals surface area (Å²) in [6.45, 7) is 9.17. The van der Waals surface area contributed by atoms with Crippen LogP contribution < -0.4 is 10.1 Å². The maximum Gasteiger partial charge on any atom is 0.311 e. The summed E-state index contributed by atoms with van der Waals surface area (Å²) in [5.74, 6) is -0.277. The minimum atomic E-state index is -0.874. The number of carbonyl (C=O) groups is 1. The van der Waals surface area contributed by atoms with Crippen molar-refractivity contribution in [1.29, 1.82) is 0 Å². The first kappa shape index (κ1) is 18.4. The molecule has 1 atom stereocenters. The van der Waals surface area contributed by atoms with Gasteiger partial charge in [-0.2, -0.15) is 0 Å². The molecular formula is C19H22N2O4. The fourth-order valence-electron chi connectivity index (χ4n) is 2.72. The highest BCUT2D eigenvalue weighted by Gasteiger charge is 2.22. The molecular weight excluding hydrogens is 320 g/mol. The van der Waals surface area contributed by atoms with E-state index in [2.05, 4.69) is 5.32 Å². The Morgan fingerprint density at radius 1 is 1.08 bits per heavy atom. The molecule has 0 fully saturated rings. The van der Waals surface area contributed by atoms with E-state index in [0.29, 0.717) is 0 Å². The summed E-state index contributed by atoms with van der Waals surface area (Å²) in [6.07, 6.45) is -0.874. The van der Waals surface area contributed by atoms with Crippen LogP contribution in [0, 0.1) is 37.8 Å². The number of carbonyl (C=O) groups excluding carboxylic acids is 1. The number of nitrogens with one attached hydrogen (secondary N) is 1. The smallest absolute Gasteiger partial charge is 0.311 e. The Bertz CT molecular complexity index is 807. The van der Waals surface area contributed by atoms with E-state index in [1.54, 1.807) is 19.9 Å². The number of benzene rings is 2. The molecule has 6 heteroatoms. The van der Waals surface area contributed by atoms with E-state index in [9.17, 15) is 14.9 Å². The van der Waals surface area contributed by atoms with Crippen molar-refractivity contribution in [3.05, 3.63) is 62.7 Å². The van der Waals surface area contributed by atoms with E-state index in [1.165, 1.54) is 12.1 Å². The van der Waals surface area contributed by atoms with Gasteiger partial charge in [-0.05, 0) is 57.4 Å². The lowest BCUT2D eigenvalue weighted by Gasteiger charge is -2.17. The summed E-state index contributed by atoms with van der Waals surface area (Å²) in [4.78, 5) is 23.1. The maximum atomic E-state index is 12.4. The van der Waals surface area contributed by atoms with Gasteiger partial charge in [0.1, 0.15) is 0 Å². The Hall–Kier alpha value is -2.89. The first-order valence-corrected chi connectivity index (χ1v) is 7.99. The number of hydrogen-bond acceptors (Lipinski definition) is 4. The highest BCUT2D eigenvalue weighted by Crippen LogP contribution is 2.29. The minimum absolute atomic E-state index is 0.0793. The lowest BCUT2D eigenvalue weighted by molar-refractivity contribution is -0.386. The summed E-state index contributed by atoms with van der Waals surface area (Å²) in [7, 11) is 0. The summed E-state index contributed by atoms with van der Waals surface area (Å²) < 4.78 is 5.55. The number of nitro groups is 1. The largest absolute Gasteiger partial charge is 0.474 e. The Morgan fingerprint density at radius 3 is 2.24 bits per heavy atom. The normalized spacial score (nSPS) is 11.7. The standard InChI is InChI=1S/C19H22N2O4/c1-11-6-7-17(16(10-11)21(23)24)25-15(5)19(22)20-18-13(3)8-12(2)9-14(18)4/h6-10,15H,1-5H3,(H,20,22)/t15-/m0/s1. The third-order valence-corrected chi connectivity index (χ3v) is 3.91. The average molecular weight is 342 g/mol. The van der Waals surface area contributed by atoms with Crippen molar-refractivity contribution in [3.8, 4) is 5.75 Å². The van der Waals surface area contributed by atoms with Gasteiger partial charge in [0.15, 0.2) is 11.9 Å². The molecule has 25 heavy (non-hydrogen) atoms. The van der Waals surface area contributed by atoms with Crippen LogP contribution in [0.1, 0.15) is 29.2 Å². The summed E-state index contributed by atoms with van der Waals surface area (Å²) in [5, 5.41) is 14.0. The predicted molar refractivity (Wildman–Crippen MR) is 97.2 cm³/mol. The van der Waals surface area contributed by atoms with Crippen LogP contribution in [-0.2, 0) is 4.79 Å². The maximum absolute atomic E-state index is 12.4. The first-order chi connectivity index (χ1) is 11.7. The minimum Gasteiger partial charge on any atom is -0.474 e. The number of anilines is 1. The van der Waals surface area contributed by atoms with Crippen LogP contribution in [0.3, 0.4) is 0 Å². The van der Waals surface area contributed by atoms with E-state index in [1.807, 2.05) is 32.9 Å². The number of hydrogen-bond donors (Lipinski definition) is 1. The number of nitro benzene ring substituents is 1. The molecule has 0 heterocycles. The van der Waals surface area contributed by atoms with E-state index >= 15 is 0 Å². The third-order valence-electron chi connectivity index (χ3n) is 3.91. The molecule has 0 spiro atoms. The average Bonchev–Trinajstić information content (AvgIpc) is 2.51. The second-order valence-corrected chi connectivity index (χ2v) is 6.25. The van der Waals surface area contributed by atoms with Crippen LogP contribution in [0.5, 0.6) is 5.75 Å². The topological polar surface area (TPSA) is 81.5 Å². The van der Waals surface area contributed by atoms with E-state index in [4.69, 9.17) is 4.74 Å². The summed E-state index contributed by atoms with van der Waals surface area (Å²) in [5.41, 5.74) is 4.38. The van der Waals surface area contributed by atoms with Crippen molar-refractivity contribution in [2.45, 2.75) is 40.7 Å². The lowest BCUT2D eigenvalue weighted by atomic mass is 10.0. The van der Waals surface area contributed by atoms with E-state index in [-0.39, 0.29) is 17.3 Å². The van der Waals surface area contributed by atoms with Gasteiger partial charge >= 0.3 is 5.69 Å². The van der Waals surface area contributed by atoms with Crippen LogP contribution >= 0.6 is 0 Å². The lowest BCUT2D eigenvalue weighted by Crippen LogP contribution is -2.31. The predicted octanol–water partition coefficient (Wildman–Crippen LogP) is 4.23.